The van der Waals surface area contributed by atoms with Crippen molar-refractivity contribution in [2.45, 2.75) is 42.8 Å². The van der Waals surface area contributed by atoms with Gasteiger partial charge >= 0.3 is 5.97 Å². The standard InChI is InChI=1S/C23H26N6O2S2.ClH/c1-16-11-20(27-26-16)28(13-17-12-24-29(14-17)19-7-5-4-6-8-19)10-9-18-15-32-22(25-18)33-23(2,3)21(30)31;/h4-8,11-12,14-15H,9-10,13H2,1-3H3,(H,26,27)(H,30,31);1H. The molecule has 0 fully saturated rings. The molecular weight excluding hydrogens is 492 g/mol. The van der Waals surface area contributed by atoms with Crippen molar-refractivity contribution in [3.05, 3.63) is 71.1 Å². The molecule has 3 heterocycles. The summed E-state index contributed by atoms with van der Waals surface area (Å²) >= 11 is 2.76. The largest absolute Gasteiger partial charge is 0.480 e. The Hall–Kier alpha value is -2.82. The number of carboxylic acids is 1. The number of nitrogens with zero attached hydrogens (tertiary/aromatic N) is 5. The van der Waals surface area contributed by atoms with Crippen molar-refractivity contribution in [1.82, 2.24) is 25.0 Å². The molecule has 180 valence electrons. The van der Waals surface area contributed by atoms with Gasteiger partial charge in [0.25, 0.3) is 0 Å². The highest BCUT2D eigenvalue weighted by Gasteiger charge is 2.29. The number of carbonyl (C=O) groups is 1. The molecular formula is C23H27ClN6O2S2. The molecule has 3 aromatic heterocycles. The minimum absolute atomic E-state index is 0. The smallest absolute Gasteiger partial charge is 0.319 e. The minimum atomic E-state index is -0.910. The summed E-state index contributed by atoms with van der Waals surface area (Å²) in [6.07, 6.45) is 4.64. The number of carboxylic acid groups (broad SMARTS) is 1. The van der Waals surface area contributed by atoms with Crippen LogP contribution in [0.1, 0.15) is 30.8 Å². The number of aromatic amines is 1. The molecule has 8 nitrogen and oxygen atoms in total. The lowest BCUT2D eigenvalue weighted by Gasteiger charge is -2.21. The zero-order valence-electron chi connectivity index (χ0n) is 19.1. The van der Waals surface area contributed by atoms with E-state index >= 15 is 0 Å². The molecule has 0 saturated carbocycles. The van der Waals surface area contributed by atoms with E-state index in [-0.39, 0.29) is 12.4 Å². The van der Waals surface area contributed by atoms with Crippen LogP contribution in [-0.2, 0) is 17.8 Å². The Morgan fingerprint density at radius 1 is 1.29 bits per heavy atom. The van der Waals surface area contributed by atoms with Crippen molar-refractivity contribution in [1.29, 1.82) is 0 Å². The van der Waals surface area contributed by atoms with Gasteiger partial charge in [-0.25, -0.2) is 9.67 Å². The quantitative estimate of drug-likeness (QED) is 0.285. The summed E-state index contributed by atoms with van der Waals surface area (Å²) in [5, 5.41) is 23.3. The lowest BCUT2D eigenvalue weighted by atomic mass is 10.2. The van der Waals surface area contributed by atoms with Crippen LogP contribution in [0.25, 0.3) is 5.69 Å². The molecule has 0 aliphatic carbocycles. The van der Waals surface area contributed by atoms with Gasteiger partial charge in [0.2, 0.25) is 0 Å². The van der Waals surface area contributed by atoms with Crippen LogP contribution in [0.3, 0.4) is 0 Å². The number of thioether (sulfide) groups is 1. The van der Waals surface area contributed by atoms with Crippen LogP contribution in [0, 0.1) is 6.92 Å². The van der Waals surface area contributed by atoms with E-state index in [0.717, 1.165) is 45.8 Å². The summed E-state index contributed by atoms with van der Waals surface area (Å²) in [5.74, 6) is 0.0252. The van der Waals surface area contributed by atoms with E-state index in [4.69, 9.17) is 0 Å². The van der Waals surface area contributed by atoms with Crippen LogP contribution in [-0.4, -0.2) is 47.3 Å². The minimum Gasteiger partial charge on any atom is -0.480 e. The summed E-state index contributed by atoms with van der Waals surface area (Å²) in [6.45, 7) is 6.75. The highest BCUT2D eigenvalue weighted by molar-refractivity contribution is 8.03. The van der Waals surface area contributed by atoms with Crippen molar-refractivity contribution in [2.75, 3.05) is 11.4 Å². The number of hydrogen-bond donors (Lipinski definition) is 2. The monoisotopic (exact) mass is 518 g/mol. The SMILES string of the molecule is Cc1cc(N(CCc2csc(SC(C)(C)C(=O)O)n2)Cc2cnn(-c3ccccc3)c2)n[nH]1.Cl. The first-order valence-electron chi connectivity index (χ1n) is 10.5. The number of rotatable bonds is 10. The molecule has 0 amide bonds. The van der Waals surface area contributed by atoms with Crippen LogP contribution < -0.4 is 4.90 Å². The summed E-state index contributed by atoms with van der Waals surface area (Å²) in [7, 11) is 0. The Balaban J connectivity index is 0.00000324. The summed E-state index contributed by atoms with van der Waals surface area (Å²) in [4.78, 5) is 18.2. The van der Waals surface area contributed by atoms with Gasteiger partial charge in [-0.15, -0.1) is 23.7 Å². The van der Waals surface area contributed by atoms with E-state index in [1.807, 2.05) is 65.8 Å². The second-order valence-electron chi connectivity index (χ2n) is 8.23. The van der Waals surface area contributed by atoms with Gasteiger partial charge in [0.1, 0.15) is 4.75 Å². The third kappa shape index (κ3) is 6.40. The van der Waals surface area contributed by atoms with Gasteiger partial charge in [-0.3, -0.25) is 9.89 Å². The number of para-hydroxylation sites is 1. The number of halogens is 1. The topological polar surface area (TPSA) is 99.9 Å². The van der Waals surface area contributed by atoms with E-state index in [9.17, 15) is 9.90 Å². The zero-order valence-corrected chi connectivity index (χ0v) is 21.6. The highest BCUT2D eigenvalue weighted by Crippen LogP contribution is 2.34. The molecule has 0 spiro atoms. The van der Waals surface area contributed by atoms with E-state index < -0.39 is 10.7 Å². The number of aromatic nitrogens is 5. The first-order valence-corrected chi connectivity index (χ1v) is 12.2. The Morgan fingerprint density at radius 3 is 2.74 bits per heavy atom. The Morgan fingerprint density at radius 2 is 2.06 bits per heavy atom. The first-order chi connectivity index (χ1) is 15.8. The lowest BCUT2D eigenvalue weighted by Crippen LogP contribution is -2.27. The fraction of sp³-hybridized carbons (Fsp3) is 0.304. The molecule has 0 aliphatic heterocycles. The number of aliphatic carboxylic acids is 1. The van der Waals surface area contributed by atoms with Crippen LogP contribution in [0.15, 0.2) is 58.5 Å². The maximum atomic E-state index is 11.4. The Kier molecular flexibility index (Phi) is 8.40. The number of thiazole rings is 1. The van der Waals surface area contributed by atoms with Gasteiger partial charge in [0.15, 0.2) is 10.2 Å². The zero-order chi connectivity index (χ0) is 23.4. The van der Waals surface area contributed by atoms with Gasteiger partial charge in [-0.05, 0) is 32.9 Å². The molecule has 0 radical (unpaired) electrons. The van der Waals surface area contributed by atoms with Crippen molar-refractivity contribution < 1.29 is 9.90 Å². The van der Waals surface area contributed by atoms with E-state index in [0.29, 0.717) is 6.54 Å². The Bertz CT molecular complexity index is 1220. The third-order valence-electron chi connectivity index (χ3n) is 5.07. The van der Waals surface area contributed by atoms with Crippen LogP contribution >= 0.6 is 35.5 Å². The van der Waals surface area contributed by atoms with Crippen molar-refractivity contribution in [3.63, 3.8) is 0 Å². The van der Waals surface area contributed by atoms with Crippen LogP contribution in [0.4, 0.5) is 5.82 Å². The predicted octanol–water partition coefficient (Wildman–Crippen LogP) is 4.99. The predicted molar refractivity (Wildman–Crippen MR) is 139 cm³/mol. The molecule has 1 aromatic carbocycles. The molecule has 4 rings (SSSR count). The molecule has 0 saturated heterocycles. The number of anilines is 1. The molecule has 0 aliphatic rings. The molecule has 4 aromatic rings. The number of nitrogens with one attached hydrogen (secondary N) is 1. The molecule has 2 N–H and O–H groups in total. The molecule has 11 heteroatoms. The van der Waals surface area contributed by atoms with Crippen LogP contribution in [0.2, 0.25) is 0 Å². The van der Waals surface area contributed by atoms with Crippen molar-refractivity contribution >= 4 is 47.3 Å². The molecule has 0 bridgehead atoms. The van der Waals surface area contributed by atoms with Gasteiger partial charge in [0.05, 0.1) is 17.6 Å². The molecule has 0 unspecified atom stereocenters. The lowest BCUT2D eigenvalue weighted by molar-refractivity contribution is -0.138. The van der Waals surface area contributed by atoms with E-state index in [1.165, 1.54) is 23.1 Å². The number of benzene rings is 1. The molecule has 34 heavy (non-hydrogen) atoms. The number of aryl methyl sites for hydroxylation is 1. The highest BCUT2D eigenvalue weighted by atomic mass is 35.5. The maximum Gasteiger partial charge on any atom is 0.319 e. The average molecular weight is 519 g/mol. The number of hydrogen-bond acceptors (Lipinski definition) is 7. The van der Waals surface area contributed by atoms with E-state index in [2.05, 4.69) is 25.2 Å². The van der Waals surface area contributed by atoms with Gasteiger partial charge < -0.3 is 10.0 Å². The average Bonchev–Trinajstić information content (AvgIpc) is 3.53. The summed E-state index contributed by atoms with van der Waals surface area (Å²) in [6, 6.07) is 12.0. The second kappa shape index (κ2) is 11.1. The third-order valence-corrected chi connectivity index (χ3v) is 7.25. The summed E-state index contributed by atoms with van der Waals surface area (Å²) in [5.41, 5.74) is 4.04. The van der Waals surface area contributed by atoms with Gasteiger partial charge in [-0.2, -0.15) is 10.2 Å². The van der Waals surface area contributed by atoms with Crippen molar-refractivity contribution in [3.8, 4) is 5.69 Å². The normalized spacial score (nSPS) is 11.3. The number of H-pyrrole nitrogens is 1. The van der Waals surface area contributed by atoms with Gasteiger partial charge in [-0.1, -0.05) is 30.0 Å². The van der Waals surface area contributed by atoms with Crippen molar-refractivity contribution in [2.24, 2.45) is 0 Å². The molecule has 0 atom stereocenters. The fourth-order valence-corrected chi connectivity index (χ4v) is 5.41. The first kappa shape index (κ1) is 25.8. The summed E-state index contributed by atoms with van der Waals surface area (Å²) < 4.78 is 1.73. The fourth-order valence-electron chi connectivity index (χ4n) is 3.19. The Labute approximate surface area is 212 Å². The van der Waals surface area contributed by atoms with Gasteiger partial charge in [0, 0.05) is 48.4 Å². The van der Waals surface area contributed by atoms with E-state index in [1.54, 1.807) is 13.8 Å². The maximum absolute atomic E-state index is 11.4. The second-order valence-corrected chi connectivity index (χ2v) is 11.0. The van der Waals surface area contributed by atoms with Crippen LogP contribution in [0.5, 0.6) is 0 Å².